The fourth-order valence-corrected chi connectivity index (χ4v) is 9.85. The standard InChI is InChI=1S/C38H49ClN4O7S/c1-4-43-16-6-8-33(50-36(45)41-17-19-48-20-18-41)30-12-9-27(30)23-42-24-38(15-5-7-26-21-28(39)10-13-31(26)38)25-49-34-14-11-29(22-32(34)42)51(46,47)40-35(44)37(43,2)3/h6,8,10-11,13-14,21-22,27,30,33H,4-5,7,9,12,15-20,23-25H2,1-3H3,(H,40,44)/b8-6-/t27-,30+,33-,38-/m0/s1. The summed E-state index contributed by atoms with van der Waals surface area (Å²) >= 11 is 6.45. The van der Waals surface area contributed by atoms with Crippen LogP contribution in [-0.4, -0.2) is 101 Å². The van der Waals surface area contributed by atoms with Gasteiger partial charge >= 0.3 is 6.09 Å². The van der Waals surface area contributed by atoms with Gasteiger partial charge in [-0.2, -0.15) is 0 Å². The molecule has 2 amide bonds. The van der Waals surface area contributed by atoms with E-state index in [-0.39, 0.29) is 28.2 Å². The van der Waals surface area contributed by atoms with Gasteiger partial charge in [0.25, 0.3) is 15.9 Å². The highest BCUT2D eigenvalue weighted by Gasteiger charge is 2.46. The van der Waals surface area contributed by atoms with Crippen LogP contribution in [0.5, 0.6) is 5.75 Å². The number of hydrogen-bond acceptors (Lipinski definition) is 9. The molecule has 2 aromatic rings. The molecule has 1 spiro atoms. The zero-order valence-corrected chi connectivity index (χ0v) is 31.3. The lowest BCUT2D eigenvalue weighted by atomic mass is 9.68. The third-order valence-corrected chi connectivity index (χ3v) is 13.3. The van der Waals surface area contributed by atoms with Crippen LogP contribution >= 0.6 is 11.6 Å². The van der Waals surface area contributed by atoms with Crippen LogP contribution in [0, 0.1) is 11.8 Å². The molecule has 1 N–H and O–H groups in total. The van der Waals surface area contributed by atoms with E-state index in [2.05, 4.69) is 21.8 Å². The van der Waals surface area contributed by atoms with Crippen molar-refractivity contribution in [1.29, 1.82) is 0 Å². The Labute approximate surface area is 306 Å². The Morgan fingerprint density at radius 3 is 2.67 bits per heavy atom. The first-order valence-electron chi connectivity index (χ1n) is 18.2. The van der Waals surface area contributed by atoms with Crippen LogP contribution in [0.2, 0.25) is 5.02 Å². The van der Waals surface area contributed by atoms with Gasteiger partial charge in [-0.3, -0.25) is 9.69 Å². The van der Waals surface area contributed by atoms with E-state index in [1.54, 1.807) is 30.9 Å². The second-order valence-corrected chi connectivity index (χ2v) is 17.3. The Balaban J connectivity index is 1.29. The summed E-state index contributed by atoms with van der Waals surface area (Å²) < 4.78 is 48.5. The topological polar surface area (TPSA) is 118 Å². The van der Waals surface area contributed by atoms with Crippen molar-refractivity contribution < 1.29 is 32.2 Å². The third kappa shape index (κ3) is 7.09. The van der Waals surface area contributed by atoms with E-state index in [0.717, 1.165) is 32.1 Å². The van der Waals surface area contributed by atoms with Crippen molar-refractivity contribution in [3.8, 4) is 5.75 Å². The quantitative estimate of drug-likeness (QED) is 0.418. The normalized spacial score (nSPS) is 29.7. The van der Waals surface area contributed by atoms with Crippen LogP contribution in [0.4, 0.5) is 10.5 Å². The number of fused-ring (bicyclic) bond motifs is 4. The molecule has 7 rings (SSSR count). The smallest absolute Gasteiger partial charge is 0.410 e. The van der Waals surface area contributed by atoms with E-state index in [1.807, 2.05) is 30.0 Å². The van der Waals surface area contributed by atoms with Crippen molar-refractivity contribution in [3.63, 3.8) is 0 Å². The minimum atomic E-state index is -4.22. The molecule has 2 fully saturated rings. The molecule has 3 aliphatic heterocycles. The Bertz CT molecular complexity index is 1800. The Morgan fingerprint density at radius 2 is 1.92 bits per heavy atom. The fraction of sp³-hybridized carbons (Fsp3) is 0.579. The van der Waals surface area contributed by atoms with Gasteiger partial charge in [-0.05, 0) is 106 Å². The highest BCUT2D eigenvalue weighted by atomic mass is 35.5. The molecular weight excluding hydrogens is 692 g/mol. The summed E-state index contributed by atoms with van der Waals surface area (Å²) in [6.07, 6.45) is 7.76. The van der Waals surface area contributed by atoms with Gasteiger partial charge in [-0.25, -0.2) is 17.9 Å². The first kappa shape index (κ1) is 36.1. The summed E-state index contributed by atoms with van der Waals surface area (Å²) in [4.78, 5) is 33.1. The number of rotatable bonds is 2. The number of amides is 2. The van der Waals surface area contributed by atoms with Gasteiger partial charge in [-0.1, -0.05) is 30.7 Å². The molecule has 0 unspecified atom stereocenters. The summed E-state index contributed by atoms with van der Waals surface area (Å²) in [5.41, 5.74) is 1.60. The number of morpholine rings is 1. The molecule has 4 atom stereocenters. The van der Waals surface area contributed by atoms with Gasteiger partial charge in [0.05, 0.1) is 35.9 Å². The number of nitrogens with one attached hydrogen (secondary N) is 1. The maximum absolute atomic E-state index is 13.9. The number of likely N-dealkylation sites (N-methyl/N-ethyl adjacent to an activating group) is 1. The molecule has 0 radical (unpaired) electrons. The van der Waals surface area contributed by atoms with Crippen molar-refractivity contribution >= 4 is 39.3 Å². The van der Waals surface area contributed by atoms with E-state index in [1.165, 1.54) is 17.2 Å². The van der Waals surface area contributed by atoms with Crippen LogP contribution in [0.1, 0.15) is 57.6 Å². The molecule has 1 saturated heterocycles. The molecule has 2 aliphatic carbocycles. The predicted octanol–water partition coefficient (Wildman–Crippen LogP) is 5.15. The molecule has 276 valence electrons. The average molecular weight is 741 g/mol. The highest BCUT2D eigenvalue weighted by Crippen LogP contribution is 2.47. The van der Waals surface area contributed by atoms with Crippen molar-refractivity contribution in [1.82, 2.24) is 14.5 Å². The molecule has 11 nitrogen and oxygen atoms in total. The second kappa shape index (κ2) is 14.2. The molecule has 2 aromatic carbocycles. The summed E-state index contributed by atoms with van der Waals surface area (Å²) in [5.74, 6) is 0.194. The number of anilines is 1. The van der Waals surface area contributed by atoms with Crippen molar-refractivity contribution in [2.75, 3.05) is 64.0 Å². The summed E-state index contributed by atoms with van der Waals surface area (Å²) in [7, 11) is -4.22. The Hall–Kier alpha value is -3.32. The van der Waals surface area contributed by atoms with Crippen LogP contribution in [0.3, 0.4) is 0 Å². The molecule has 5 aliphatic rings. The first-order chi connectivity index (χ1) is 24.4. The van der Waals surface area contributed by atoms with E-state index in [0.29, 0.717) is 75.5 Å². The largest absolute Gasteiger partial charge is 0.490 e. The maximum Gasteiger partial charge on any atom is 0.410 e. The van der Waals surface area contributed by atoms with Crippen LogP contribution < -0.4 is 14.4 Å². The fourth-order valence-electron chi connectivity index (χ4n) is 8.53. The van der Waals surface area contributed by atoms with Gasteiger partial charge < -0.3 is 24.0 Å². The van der Waals surface area contributed by atoms with E-state index < -0.39 is 27.6 Å². The minimum absolute atomic E-state index is 0.00305. The molecule has 13 heteroatoms. The molecule has 2 bridgehead atoms. The number of hydrogen-bond donors (Lipinski definition) is 1. The minimum Gasteiger partial charge on any atom is -0.490 e. The zero-order valence-electron chi connectivity index (χ0n) is 29.7. The van der Waals surface area contributed by atoms with Crippen molar-refractivity contribution in [3.05, 3.63) is 64.7 Å². The SMILES string of the molecule is CCN1C/C=C\[C@H](OC(=O)N2CCOCC2)[C@@H]2CC[C@H]2CN2C[C@@]3(CCCc4cc(Cl)ccc43)COc3ccc(cc32)S(=O)(=O)NC(=O)C1(C)C. The summed E-state index contributed by atoms with van der Waals surface area (Å²) in [6, 6.07) is 11.0. The number of nitrogens with zero attached hydrogens (tertiary/aromatic N) is 3. The molecule has 1 saturated carbocycles. The van der Waals surface area contributed by atoms with Gasteiger partial charge in [0.2, 0.25) is 0 Å². The average Bonchev–Trinajstić information content (AvgIpc) is 3.24. The Kier molecular flexibility index (Phi) is 10.1. The van der Waals surface area contributed by atoms with Crippen LogP contribution in [-0.2, 0) is 36.1 Å². The number of halogens is 1. The molecular formula is C38H49ClN4O7S. The number of ether oxygens (including phenoxy) is 3. The lowest BCUT2D eigenvalue weighted by molar-refractivity contribution is -0.129. The summed E-state index contributed by atoms with van der Waals surface area (Å²) in [5, 5.41) is 0.707. The van der Waals surface area contributed by atoms with E-state index >= 15 is 0 Å². The number of benzene rings is 2. The number of sulfonamides is 1. The Morgan fingerprint density at radius 1 is 1.12 bits per heavy atom. The predicted molar refractivity (Wildman–Crippen MR) is 195 cm³/mol. The van der Waals surface area contributed by atoms with E-state index in [4.69, 9.17) is 25.8 Å². The molecule has 3 heterocycles. The molecule has 0 aromatic heterocycles. The number of carbonyl (C=O) groups is 2. The zero-order chi connectivity index (χ0) is 36.0. The summed E-state index contributed by atoms with van der Waals surface area (Å²) in [6.45, 7) is 9.84. The van der Waals surface area contributed by atoms with Crippen LogP contribution in [0.25, 0.3) is 0 Å². The number of carbonyl (C=O) groups excluding carboxylic acids is 2. The lowest BCUT2D eigenvalue weighted by Gasteiger charge is -2.46. The van der Waals surface area contributed by atoms with E-state index in [9.17, 15) is 18.0 Å². The molecule has 51 heavy (non-hydrogen) atoms. The van der Waals surface area contributed by atoms with Crippen molar-refractivity contribution in [2.45, 2.75) is 74.8 Å². The number of aryl methyl sites for hydroxylation is 1. The monoisotopic (exact) mass is 740 g/mol. The third-order valence-electron chi connectivity index (χ3n) is 11.8. The van der Waals surface area contributed by atoms with Gasteiger partial charge in [-0.15, -0.1) is 0 Å². The first-order valence-corrected chi connectivity index (χ1v) is 20.1. The van der Waals surface area contributed by atoms with Crippen molar-refractivity contribution in [2.24, 2.45) is 11.8 Å². The highest BCUT2D eigenvalue weighted by molar-refractivity contribution is 7.90. The van der Waals surface area contributed by atoms with Crippen LogP contribution in [0.15, 0.2) is 53.4 Å². The maximum atomic E-state index is 13.9. The van der Waals surface area contributed by atoms with Gasteiger partial charge in [0, 0.05) is 49.1 Å². The van der Waals surface area contributed by atoms with Gasteiger partial charge in [0.15, 0.2) is 0 Å². The lowest BCUT2D eigenvalue weighted by Crippen LogP contribution is -2.56. The second-order valence-electron chi connectivity index (χ2n) is 15.1. The van der Waals surface area contributed by atoms with Gasteiger partial charge in [0.1, 0.15) is 11.9 Å².